The van der Waals surface area contributed by atoms with Gasteiger partial charge < -0.3 is 15.2 Å². The number of aryl methyl sites for hydroxylation is 3. The van der Waals surface area contributed by atoms with Crippen LogP contribution in [0.3, 0.4) is 0 Å². The van der Waals surface area contributed by atoms with Crippen molar-refractivity contribution in [2.45, 2.75) is 46.6 Å². The number of benzene rings is 1. The van der Waals surface area contributed by atoms with Gasteiger partial charge in [-0.3, -0.25) is 0 Å². The second-order valence-electron chi connectivity index (χ2n) is 5.95. The Hall–Kier alpha value is -1.06. The van der Waals surface area contributed by atoms with Gasteiger partial charge in [0.15, 0.2) is 0 Å². The fourth-order valence-corrected chi connectivity index (χ4v) is 1.77. The van der Waals surface area contributed by atoms with Gasteiger partial charge in [-0.15, -0.1) is 0 Å². The van der Waals surface area contributed by atoms with Gasteiger partial charge in [0, 0.05) is 18.6 Å². The van der Waals surface area contributed by atoms with Crippen molar-refractivity contribution in [2.24, 2.45) is 5.73 Å². The van der Waals surface area contributed by atoms with Gasteiger partial charge in [-0.1, -0.05) is 6.07 Å². The molecule has 108 valence electrons. The normalized spacial score (nSPS) is 11.7. The largest absolute Gasteiger partial charge is 0.493 e. The molecule has 1 aromatic carbocycles. The van der Waals surface area contributed by atoms with E-state index in [1.165, 1.54) is 16.7 Å². The van der Waals surface area contributed by atoms with Crippen LogP contribution < -0.4 is 10.5 Å². The Morgan fingerprint density at radius 1 is 1.00 bits per heavy atom. The maximum atomic E-state index is 5.84. The summed E-state index contributed by atoms with van der Waals surface area (Å²) in [5, 5.41) is 0. The highest BCUT2D eigenvalue weighted by Crippen LogP contribution is 2.22. The highest BCUT2D eigenvalue weighted by atomic mass is 16.5. The molecule has 0 heterocycles. The van der Waals surface area contributed by atoms with Crippen LogP contribution in [-0.2, 0) is 4.74 Å². The fourth-order valence-electron chi connectivity index (χ4n) is 1.77. The standard InChI is InChI=1S/C16H27NO2/c1-12-9-14(3)15(10-13(12)2)19-8-6-7-18-11-16(4,5)17/h9-10H,6-8,11,17H2,1-5H3. The van der Waals surface area contributed by atoms with Crippen molar-refractivity contribution >= 4 is 0 Å². The quantitative estimate of drug-likeness (QED) is 0.770. The summed E-state index contributed by atoms with van der Waals surface area (Å²) in [4.78, 5) is 0. The molecule has 0 saturated heterocycles. The lowest BCUT2D eigenvalue weighted by molar-refractivity contribution is 0.0870. The zero-order valence-corrected chi connectivity index (χ0v) is 12.9. The van der Waals surface area contributed by atoms with Gasteiger partial charge in [0.2, 0.25) is 0 Å². The Balaban J connectivity index is 2.28. The molecule has 0 unspecified atom stereocenters. The average molecular weight is 265 g/mol. The average Bonchev–Trinajstić information content (AvgIpc) is 2.28. The Kier molecular flexibility index (Phi) is 5.83. The van der Waals surface area contributed by atoms with Crippen LogP contribution in [0.15, 0.2) is 12.1 Å². The highest BCUT2D eigenvalue weighted by Gasteiger charge is 2.09. The van der Waals surface area contributed by atoms with Crippen LogP contribution in [0.5, 0.6) is 5.75 Å². The molecule has 0 aliphatic rings. The van der Waals surface area contributed by atoms with Crippen molar-refractivity contribution in [3.63, 3.8) is 0 Å². The van der Waals surface area contributed by atoms with E-state index in [1.54, 1.807) is 0 Å². The van der Waals surface area contributed by atoms with Crippen LogP contribution in [-0.4, -0.2) is 25.4 Å². The molecule has 0 fully saturated rings. The van der Waals surface area contributed by atoms with Gasteiger partial charge >= 0.3 is 0 Å². The van der Waals surface area contributed by atoms with Crippen molar-refractivity contribution in [1.29, 1.82) is 0 Å². The zero-order chi connectivity index (χ0) is 14.5. The van der Waals surface area contributed by atoms with E-state index in [9.17, 15) is 0 Å². The molecular formula is C16H27NO2. The van der Waals surface area contributed by atoms with Gasteiger partial charge in [0.05, 0.1) is 13.2 Å². The summed E-state index contributed by atoms with van der Waals surface area (Å²) in [6, 6.07) is 4.27. The van der Waals surface area contributed by atoms with Crippen LogP contribution in [0.4, 0.5) is 0 Å². The van der Waals surface area contributed by atoms with Crippen LogP contribution >= 0.6 is 0 Å². The van der Waals surface area contributed by atoms with Gasteiger partial charge in [0.25, 0.3) is 0 Å². The number of hydrogen-bond acceptors (Lipinski definition) is 3. The molecule has 19 heavy (non-hydrogen) atoms. The molecule has 0 bridgehead atoms. The van der Waals surface area contributed by atoms with Crippen molar-refractivity contribution < 1.29 is 9.47 Å². The summed E-state index contributed by atoms with van der Waals surface area (Å²) >= 11 is 0. The lowest BCUT2D eigenvalue weighted by Crippen LogP contribution is -2.37. The molecule has 1 aromatic rings. The number of nitrogens with two attached hydrogens (primary N) is 1. The molecule has 0 spiro atoms. The van der Waals surface area contributed by atoms with E-state index in [2.05, 4.69) is 32.9 Å². The molecule has 0 atom stereocenters. The minimum atomic E-state index is -0.258. The zero-order valence-electron chi connectivity index (χ0n) is 12.9. The molecule has 0 saturated carbocycles. The molecule has 0 aromatic heterocycles. The smallest absolute Gasteiger partial charge is 0.122 e. The summed E-state index contributed by atoms with van der Waals surface area (Å²) < 4.78 is 11.3. The van der Waals surface area contributed by atoms with Crippen molar-refractivity contribution in [2.75, 3.05) is 19.8 Å². The molecule has 0 radical (unpaired) electrons. The second kappa shape index (κ2) is 6.92. The molecule has 3 nitrogen and oxygen atoms in total. The van der Waals surface area contributed by atoms with Crippen molar-refractivity contribution in [1.82, 2.24) is 0 Å². The maximum Gasteiger partial charge on any atom is 0.122 e. The maximum absolute atomic E-state index is 5.84. The molecule has 0 aliphatic carbocycles. The number of ether oxygens (including phenoxy) is 2. The van der Waals surface area contributed by atoms with Gasteiger partial charge in [0.1, 0.15) is 5.75 Å². The van der Waals surface area contributed by atoms with Crippen LogP contribution in [0.2, 0.25) is 0 Å². The van der Waals surface area contributed by atoms with Crippen molar-refractivity contribution in [3.8, 4) is 5.75 Å². The SMILES string of the molecule is Cc1cc(C)c(OCCCOCC(C)(C)N)cc1C. The first-order chi connectivity index (χ1) is 8.79. The van der Waals surface area contributed by atoms with Crippen molar-refractivity contribution in [3.05, 3.63) is 28.8 Å². The molecule has 0 amide bonds. The topological polar surface area (TPSA) is 44.5 Å². The van der Waals surface area contributed by atoms with Gasteiger partial charge in [-0.25, -0.2) is 0 Å². The first kappa shape index (κ1) is 16.0. The molecule has 1 rings (SSSR count). The van der Waals surface area contributed by atoms with E-state index < -0.39 is 0 Å². The molecular weight excluding hydrogens is 238 g/mol. The third kappa shape index (κ3) is 6.08. The Morgan fingerprint density at radius 2 is 1.63 bits per heavy atom. The summed E-state index contributed by atoms with van der Waals surface area (Å²) in [5.74, 6) is 0.974. The van der Waals surface area contributed by atoms with E-state index in [-0.39, 0.29) is 5.54 Å². The lowest BCUT2D eigenvalue weighted by atomic mass is 10.1. The Labute approximate surface area is 117 Å². The van der Waals surface area contributed by atoms with Crippen LogP contribution in [0, 0.1) is 20.8 Å². The first-order valence-corrected chi connectivity index (χ1v) is 6.87. The monoisotopic (exact) mass is 265 g/mol. The van der Waals surface area contributed by atoms with E-state index >= 15 is 0 Å². The molecule has 3 heteroatoms. The summed E-state index contributed by atoms with van der Waals surface area (Å²) in [6.07, 6.45) is 0.877. The predicted octanol–water partition coefficient (Wildman–Crippen LogP) is 3.13. The van der Waals surface area contributed by atoms with E-state index in [1.807, 2.05) is 13.8 Å². The van der Waals surface area contributed by atoms with Gasteiger partial charge in [-0.2, -0.15) is 0 Å². The van der Waals surface area contributed by atoms with Crippen LogP contribution in [0.1, 0.15) is 37.0 Å². The fraction of sp³-hybridized carbons (Fsp3) is 0.625. The highest BCUT2D eigenvalue weighted by molar-refractivity contribution is 5.40. The Bertz CT molecular complexity index is 408. The third-order valence-electron chi connectivity index (χ3n) is 2.96. The van der Waals surface area contributed by atoms with Gasteiger partial charge in [-0.05, 0) is 57.4 Å². The third-order valence-corrected chi connectivity index (χ3v) is 2.96. The summed E-state index contributed by atoms with van der Waals surface area (Å²) in [6.45, 7) is 12.2. The minimum absolute atomic E-state index is 0.258. The van der Waals surface area contributed by atoms with Crippen LogP contribution in [0.25, 0.3) is 0 Å². The predicted molar refractivity (Wildman–Crippen MR) is 79.9 cm³/mol. The minimum Gasteiger partial charge on any atom is -0.493 e. The summed E-state index contributed by atoms with van der Waals surface area (Å²) in [7, 11) is 0. The Morgan fingerprint density at radius 3 is 2.26 bits per heavy atom. The van der Waals surface area contributed by atoms with E-state index in [4.69, 9.17) is 15.2 Å². The molecule has 2 N–H and O–H groups in total. The molecule has 0 aliphatic heterocycles. The lowest BCUT2D eigenvalue weighted by Gasteiger charge is -2.18. The first-order valence-electron chi connectivity index (χ1n) is 6.87. The second-order valence-corrected chi connectivity index (χ2v) is 5.95. The summed E-state index contributed by atoms with van der Waals surface area (Å²) in [5.41, 5.74) is 9.33. The number of rotatable bonds is 7. The van der Waals surface area contributed by atoms with E-state index in [0.717, 1.165) is 12.2 Å². The van der Waals surface area contributed by atoms with E-state index in [0.29, 0.717) is 19.8 Å². The number of hydrogen-bond donors (Lipinski definition) is 1.